The lowest BCUT2D eigenvalue weighted by molar-refractivity contribution is 0.0591. The molecule has 0 radical (unpaired) electrons. The number of benzene rings is 1. The number of nitrogens with one attached hydrogen (secondary N) is 1. The number of likely N-dealkylation sites (tertiary alicyclic amines) is 1. The number of aromatic amines is 1. The first-order valence-electron chi connectivity index (χ1n) is 9.80. The van der Waals surface area contributed by atoms with E-state index >= 15 is 0 Å². The third-order valence-corrected chi connectivity index (χ3v) is 5.35. The molecule has 2 aromatic rings. The Hall–Kier alpha value is -2.71. The molecule has 1 saturated heterocycles. The Labute approximate surface area is 170 Å². The van der Waals surface area contributed by atoms with Crippen LogP contribution in [0, 0.1) is 5.92 Å². The maximum absolute atomic E-state index is 12.4. The van der Waals surface area contributed by atoms with E-state index in [2.05, 4.69) is 21.2 Å². The largest absolute Gasteiger partial charge is 0.464 e. The number of ether oxygens (including phenoxy) is 1. The van der Waals surface area contributed by atoms with Gasteiger partial charge in [0, 0.05) is 37.8 Å². The average Bonchev–Trinajstić information content (AvgIpc) is 3.37. The number of H-pyrrole nitrogens is 1. The van der Waals surface area contributed by atoms with Crippen LogP contribution in [0.25, 0.3) is 0 Å². The molecule has 1 aliphatic heterocycles. The van der Waals surface area contributed by atoms with Gasteiger partial charge >= 0.3 is 5.97 Å². The van der Waals surface area contributed by atoms with E-state index in [9.17, 15) is 9.59 Å². The van der Waals surface area contributed by atoms with E-state index in [-0.39, 0.29) is 12.5 Å². The van der Waals surface area contributed by atoms with Crippen molar-refractivity contribution < 1.29 is 19.4 Å². The van der Waals surface area contributed by atoms with Crippen molar-refractivity contribution >= 4 is 11.9 Å². The van der Waals surface area contributed by atoms with Crippen LogP contribution in [0.4, 0.5) is 0 Å². The summed E-state index contributed by atoms with van der Waals surface area (Å²) >= 11 is 0. The summed E-state index contributed by atoms with van der Waals surface area (Å²) in [4.78, 5) is 28.1. The number of methoxy groups -OCH3 is 1. The lowest BCUT2D eigenvalue weighted by Gasteiger charge is -2.17. The van der Waals surface area contributed by atoms with Crippen molar-refractivity contribution in [3.8, 4) is 0 Å². The fourth-order valence-electron chi connectivity index (χ4n) is 3.81. The summed E-state index contributed by atoms with van der Waals surface area (Å²) in [5.74, 6) is 0.00846. The van der Waals surface area contributed by atoms with E-state index in [1.54, 1.807) is 13.2 Å². The lowest BCUT2D eigenvalue weighted by atomic mass is 9.97. The summed E-state index contributed by atoms with van der Waals surface area (Å²) in [5.41, 5.74) is 3.04. The van der Waals surface area contributed by atoms with Gasteiger partial charge in [-0.1, -0.05) is 12.1 Å². The van der Waals surface area contributed by atoms with Gasteiger partial charge in [0.1, 0.15) is 5.69 Å². The molecule has 8 heteroatoms. The first-order valence-corrected chi connectivity index (χ1v) is 9.80. The summed E-state index contributed by atoms with van der Waals surface area (Å²) in [6.45, 7) is 2.81. The Morgan fingerprint density at radius 3 is 3.00 bits per heavy atom. The molecule has 0 saturated carbocycles. The fourth-order valence-corrected chi connectivity index (χ4v) is 3.81. The number of rotatable bonds is 8. The molecule has 1 aliphatic rings. The highest BCUT2D eigenvalue weighted by molar-refractivity contribution is 5.94. The smallest absolute Gasteiger partial charge is 0.356 e. The number of esters is 1. The molecule has 0 aliphatic carbocycles. The molecular formula is C21H28N4O4. The number of amides is 1. The number of aromatic nitrogens is 2. The zero-order valence-corrected chi connectivity index (χ0v) is 16.9. The van der Waals surface area contributed by atoms with Crippen LogP contribution in [0.1, 0.15) is 38.4 Å². The van der Waals surface area contributed by atoms with Gasteiger partial charge in [-0.15, -0.1) is 0 Å². The van der Waals surface area contributed by atoms with Crippen molar-refractivity contribution in [3.63, 3.8) is 0 Å². The maximum Gasteiger partial charge on any atom is 0.356 e. The molecule has 2 heterocycles. The van der Waals surface area contributed by atoms with Crippen molar-refractivity contribution in [1.82, 2.24) is 20.0 Å². The third-order valence-electron chi connectivity index (χ3n) is 5.35. The number of carbonyl (C=O) groups is 2. The highest BCUT2D eigenvalue weighted by Crippen LogP contribution is 2.24. The van der Waals surface area contributed by atoms with Gasteiger partial charge in [0.2, 0.25) is 0 Å². The van der Waals surface area contributed by atoms with E-state index < -0.39 is 5.97 Å². The van der Waals surface area contributed by atoms with Crippen molar-refractivity contribution in [2.75, 3.05) is 40.4 Å². The van der Waals surface area contributed by atoms with Gasteiger partial charge in [0.25, 0.3) is 5.91 Å². The van der Waals surface area contributed by atoms with E-state index in [0.29, 0.717) is 30.3 Å². The number of nitrogens with zero attached hydrogens (tertiary/aromatic N) is 3. The highest BCUT2D eigenvalue weighted by Gasteiger charge is 2.25. The molecule has 0 spiro atoms. The van der Waals surface area contributed by atoms with E-state index in [1.807, 2.05) is 18.2 Å². The van der Waals surface area contributed by atoms with Gasteiger partial charge in [0.15, 0.2) is 0 Å². The Bertz CT molecular complexity index is 851. The first kappa shape index (κ1) is 21.0. The van der Waals surface area contributed by atoms with Gasteiger partial charge in [-0.25, -0.2) is 4.79 Å². The van der Waals surface area contributed by atoms with Crippen molar-refractivity contribution in [2.24, 2.45) is 5.92 Å². The van der Waals surface area contributed by atoms with Gasteiger partial charge in [0.05, 0.1) is 19.9 Å². The predicted molar refractivity (Wildman–Crippen MR) is 108 cm³/mol. The molecular weight excluding hydrogens is 372 g/mol. The van der Waals surface area contributed by atoms with Gasteiger partial charge < -0.3 is 14.7 Å². The van der Waals surface area contributed by atoms with Crippen LogP contribution in [0.3, 0.4) is 0 Å². The van der Waals surface area contributed by atoms with Gasteiger partial charge in [-0.05, 0) is 43.0 Å². The molecule has 29 heavy (non-hydrogen) atoms. The second-order valence-electron chi connectivity index (χ2n) is 7.51. The lowest BCUT2D eigenvalue weighted by Crippen LogP contribution is -2.29. The zero-order chi connectivity index (χ0) is 20.8. The van der Waals surface area contributed by atoms with Crippen LogP contribution >= 0.6 is 0 Å². The minimum absolute atomic E-state index is 0.0474. The summed E-state index contributed by atoms with van der Waals surface area (Å²) in [7, 11) is 3.05. The zero-order valence-electron chi connectivity index (χ0n) is 16.9. The predicted octanol–water partition coefficient (Wildman–Crippen LogP) is 1.33. The molecule has 1 unspecified atom stereocenters. The second kappa shape index (κ2) is 9.67. The van der Waals surface area contributed by atoms with Crippen LogP contribution < -0.4 is 0 Å². The Morgan fingerprint density at radius 2 is 2.24 bits per heavy atom. The molecule has 156 valence electrons. The standard InChI is InChI=1S/C21H28N4O4/c1-24(8-9-26)20(27)17-5-3-4-15(11-17)10-16-6-7-25(13-16)14-18-12-22-23-19(18)21(28)29-2/h3-5,11-12,16,26H,6-10,13-14H2,1-2H3,(H,22,23). The molecule has 3 rings (SSSR count). The van der Waals surface area contributed by atoms with Crippen LogP contribution in [-0.4, -0.2) is 77.4 Å². The summed E-state index contributed by atoms with van der Waals surface area (Å²) < 4.78 is 4.79. The molecule has 1 fully saturated rings. The second-order valence-corrected chi connectivity index (χ2v) is 7.51. The Balaban J connectivity index is 1.58. The van der Waals surface area contributed by atoms with E-state index in [0.717, 1.165) is 37.1 Å². The van der Waals surface area contributed by atoms with Crippen LogP contribution in [0.2, 0.25) is 0 Å². The fraction of sp³-hybridized carbons (Fsp3) is 0.476. The van der Waals surface area contributed by atoms with Gasteiger partial charge in [-0.3, -0.25) is 14.8 Å². The molecule has 0 bridgehead atoms. The minimum Gasteiger partial charge on any atom is -0.464 e. The Morgan fingerprint density at radius 1 is 1.41 bits per heavy atom. The summed E-state index contributed by atoms with van der Waals surface area (Å²) in [5, 5.41) is 15.7. The number of hydrogen-bond donors (Lipinski definition) is 2. The number of aliphatic hydroxyl groups is 1. The Kier molecular flexibility index (Phi) is 7.00. The SMILES string of the molecule is COC(=O)c1[nH]ncc1CN1CCC(Cc2cccc(C(=O)N(C)CCO)c2)C1. The first-order chi connectivity index (χ1) is 14.0. The minimum atomic E-state index is -0.402. The van der Waals surface area contributed by atoms with Crippen molar-refractivity contribution in [3.05, 3.63) is 52.8 Å². The summed E-state index contributed by atoms with van der Waals surface area (Å²) in [6.07, 6.45) is 3.64. The van der Waals surface area contributed by atoms with E-state index in [1.165, 1.54) is 12.0 Å². The number of aliphatic hydroxyl groups excluding tert-OH is 1. The average molecular weight is 400 g/mol. The molecule has 8 nitrogen and oxygen atoms in total. The molecule has 2 N–H and O–H groups in total. The molecule has 1 aromatic heterocycles. The van der Waals surface area contributed by atoms with Crippen LogP contribution in [0.15, 0.2) is 30.5 Å². The quantitative estimate of drug-likeness (QED) is 0.649. The number of likely N-dealkylation sites (N-methyl/N-ethyl adjacent to an activating group) is 1. The topological polar surface area (TPSA) is 98.8 Å². The van der Waals surface area contributed by atoms with Crippen LogP contribution in [0.5, 0.6) is 0 Å². The van der Waals surface area contributed by atoms with Gasteiger partial charge in [-0.2, -0.15) is 5.10 Å². The van der Waals surface area contributed by atoms with Crippen molar-refractivity contribution in [1.29, 1.82) is 0 Å². The van der Waals surface area contributed by atoms with E-state index in [4.69, 9.17) is 9.84 Å². The number of hydrogen-bond acceptors (Lipinski definition) is 6. The highest BCUT2D eigenvalue weighted by atomic mass is 16.5. The monoisotopic (exact) mass is 400 g/mol. The van der Waals surface area contributed by atoms with Crippen molar-refractivity contribution in [2.45, 2.75) is 19.4 Å². The summed E-state index contributed by atoms with van der Waals surface area (Å²) in [6, 6.07) is 7.73. The van der Waals surface area contributed by atoms with Crippen LogP contribution in [-0.2, 0) is 17.7 Å². The third kappa shape index (κ3) is 5.21. The normalized spacial score (nSPS) is 16.7. The molecule has 1 aromatic carbocycles. The number of carbonyl (C=O) groups excluding carboxylic acids is 2. The molecule has 1 atom stereocenters. The maximum atomic E-state index is 12.4. The molecule has 1 amide bonds.